The normalized spacial score (nSPS) is 13.4. The first-order chi connectivity index (χ1) is 56.1. The van der Waals surface area contributed by atoms with Crippen LogP contribution in [-0.4, -0.2) is 23.7 Å². The van der Waals surface area contributed by atoms with Crippen molar-refractivity contribution in [3.63, 3.8) is 0 Å². The van der Waals surface area contributed by atoms with Gasteiger partial charge in [-0.15, -0.1) is 0 Å². The molecule has 18 rings (SSSR count). The predicted molar refractivity (Wildman–Crippen MR) is 487 cm³/mol. The first kappa shape index (κ1) is 72.8. The Labute approximate surface area is 677 Å². The fourth-order valence-corrected chi connectivity index (χ4v) is 18.9. The lowest BCUT2D eigenvalue weighted by molar-refractivity contribution is 0.590. The third-order valence-electron chi connectivity index (χ3n) is 24.4. The second-order valence-corrected chi connectivity index (χ2v) is 32.8. The summed E-state index contributed by atoms with van der Waals surface area (Å²) in [6.07, 6.45) is 3.18. The molecule has 115 heavy (non-hydrogen) atoms. The number of anilines is 4. The van der Waals surface area contributed by atoms with Crippen LogP contribution < -0.4 is 26.2 Å². The summed E-state index contributed by atoms with van der Waals surface area (Å²) in [6.45, 7) is 23.9. The van der Waals surface area contributed by atoms with E-state index in [0.717, 1.165) is 150 Å². The van der Waals surface area contributed by atoms with Gasteiger partial charge in [0.1, 0.15) is 5.54 Å². The average molecular weight is 1480 g/mol. The number of rotatable bonds is 19. The summed E-state index contributed by atoms with van der Waals surface area (Å²) >= 11 is 0. The van der Waals surface area contributed by atoms with Crippen LogP contribution >= 0.6 is 0 Å². The van der Waals surface area contributed by atoms with E-state index in [1.165, 1.54) is 17.3 Å². The molecule has 1 unspecified atom stereocenters. The topological polar surface area (TPSA) is 59.1 Å². The summed E-state index contributed by atoms with van der Waals surface area (Å²) in [4.78, 5) is 4.95. The fraction of sp³-hybridized carbons (Fsp3) is 0.101. The molecule has 554 valence electrons. The number of hydrogen-bond donors (Lipinski definition) is 2. The molecule has 3 heterocycles. The maximum Gasteiger partial charge on any atom is 0.252 e. The monoisotopic (exact) mass is 1480 g/mol. The van der Waals surface area contributed by atoms with Crippen LogP contribution in [0, 0.1) is 10.8 Å². The molecule has 2 N–H and O–H groups in total. The molecular formula is C109H90BN5. The third-order valence-corrected chi connectivity index (χ3v) is 24.4. The van der Waals surface area contributed by atoms with Gasteiger partial charge in [0.2, 0.25) is 0 Å². The van der Waals surface area contributed by atoms with Crippen LogP contribution in [0.4, 0.5) is 22.7 Å². The van der Waals surface area contributed by atoms with Crippen LogP contribution in [-0.2, 0) is 27.2 Å². The van der Waals surface area contributed by atoms with E-state index in [4.69, 9.17) is 13.2 Å². The Bertz CT molecular complexity index is 6030. The molecule has 0 saturated heterocycles. The van der Waals surface area contributed by atoms with E-state index in [-0.39, 0.29) is 17.5 Å². The van der Waals surface area contributed by atoms with Gasteiger partial charge in [0.05, 0.1) is 33.2 Å². The minimum Gasteiger partial charge on any atom is -0.323 e. The summed E-state index contributed by atoms with van der Waals surface area (Å²) in [7, 11) is 0. The molecule has 0 saturated carbocycles. The minimum atomic E-state index is -1.39. The maximum absolute atomic E-state index is 10.6. The Kier molecular flexibility index (Phi) is 18.5. The van der Waals surface area contributed by atoms with Crippen molar-refractivity contribution in [2.24, 2.45) is 0 Å². The summed E-state index contributed by atoms with van der Waals surface area (Å²) in [5.41, 5.74) is 24.4. The SMILES string of the molecule is C=C(/C(=C(\C=N)c1ccccc1)N1c2ccc(C(C)(C)C)cc2B2c3cc(C(C)(C)C)ccc3N(C(C=N)(C(=C)c3ccccc3)c3ccccc3)c3cc(-n4c5ccc(C(c6ccccc6)(c6ccccc6)c6ccccc6)cc5c5cc(C(c6ccccc6)(c6ccccc6)c6ccccc6)ccc54)cc1c32)c1ccccc1. The molecular weight excluding hydrogens is 1390 g/mol. The molecule has 0 fully saturated rings. The molecule has 1 aromatic heterocycles. The van der Waals surface area contributed by atoms with Crippen molar-refractivity contribution in [3.8, 4) is 5.69 Å². The standard InChI is InChI=1S/C109H90BN5/c1-75(77-39-19-9-20-40-77)104(94(73-111)79-43-23-11-24-44-79)114-99-65-59-87(105(3,4)5)69-95(99)110-96-70-88(106(6,7)8)60-66-100(96)115(107(74-112,80-45-25-12-26-46-80)76(2)78-41-21-10-22-42-78)102-72-91(71-101(114)103(102)110)113-97-63-61-89(108(81-47-27-13-28-48-81,82-49-29-14-30-50-82)83-51-31-15-32-52-83)67-92(97)93-68-90(62-64-98(93)113)109(84-53-33-16-34-54-84,85-55-35-17-36-56-85)86-57-37-18-38-58-86/h9-74,111-112H,1-2H2,3-8H3/b104-94-,111-73?,112-74?. The van der Waals surface area contributed by atoms with Crippen molar-refractivity contribution in [3.05, 3.63) is 485 Å². The van der Waals surface area contributed by atoms with Gasteiger partial charge in [-0.3, -0.25) is 0 Å². The number of aromatic nitrogens is 1. The zero-order valence-corrected chi connectivity index (χ0v) is 65.9. The Hall–Kier alpha value is -13.7. The lowest BCUT2D eigenvalue weighted by Crippen LogP contribution is -2.65. The van der Waals surface area contributed by atoms with E-state index in [1.54, 1.807) is 6.21 Å². The summed E-state index contributed by atoms with van der Waals surface area (Å²) in [5.74, 6) is 0. The van der Waals surface area contributed by atoms with Crippen molar-refractivity contribution >= 4 is 96.8 Å². The van der Waals surface area contributed by atoms with Crippen molar-refractivity contribution in [1.29, 1.82) is 10.8 Å². The fourth-order valence-electron chi connectivity index (χ4n) is 18.9. The maximum atomic E-state index is 10.6. The first-order valence-electron chi connectivity index (χ1n) is 40.0. The number of hydrogen-bond acceptors (Lipinski definition) is 4. The average Bonchev–Trinajstić information content (AvgIpc) is 1.49. The molecule has 16 aromatic rings. The van der Waals surface area contributed by atoms with Gasteiger partial charge < -0.3 is 25.2 Å². The van der Waals surface area contributed by atoms with Gasteiger partial charge >= 0.3 is 0 Å². The zero-order chi connectivity index (χ0) is 78.8. The molecule has 2 aliphatic rings. The molecule has 15 aromatic carbocycles. The Morgan fingerprint density at radius 1 is 0.322 bits per heavy atom. The quantitative estimate of drug-likeness (QED) is 0.0367. The molecule has 0 bridgehead atoms. The van der Waals surface area contributed by atoms with Crippen LogP contribution in [0.3, 0.4) is 0 Å². The molecule has 6 heteroatoms. The van der Waals surface area contributed by atoms with Crippen LogP contribution in [0.1, 0.15) is 119 Å². The highest BCUT2D eigenvalue weighted by Crippen LogP contribution is 2.55. The van der Waals surface area contributed by atoms with Crippen molar-refractivity contribution in [1.82, 2.24) is 4.57 Å². The molecule has 0 amide bonds. The van der Waals surface area contributed by atoms with Crippen LogP contribution in [0.15, 0.2) is 407 Å². The molecule has 5 nitrogen and oxygen atoms in total. The van der Waals surface area contributed by atoms with E-state index < -0.39 is 16.4 Å². The van der Waals surface area contributed by atoms with Gasteiger partial charge in [-0.25, -0.2) is 0 Å². The van der Waals surface area contributed by atoms with E-state index in [0.29, 0.717) is 5.57 Å². The second-order valence-electron chi connectivity index (χ2n) is 32.8. The smallest absolute Gasteiger partial charge is 0.252 e. The van der Waals surface area contributed by atoms with Gasteiger partial charge in [0.15, 0.2) is 0 Å². The Balaban J connectivity index is 1.05. The summed E-state index contributed by atoms with van der Waals surface area (Å²) < 4.78 is 2.52. The molecule has 0 radical (unpaired) electrons. The Morgan fingerprint density at radius 2 is 0.661 bits per heavy atom. The first-order valence-corrected chi connectivity index (χ1v) is 40.0. The van der Waals surface area contributed by atoms with Gasteiger partial charge in [-0.05, 0) is 165 Å². The van der Waals surface area contributed by atoms with E-state index in [2.05, 4.69) is 438 Å². The number of nitrogens with one attached hydrogen (secondary N) is 2. The summed E-state index contributed by atoms with van der Waals surface area (Å²) in [6, 6.07) is 142. The van der Waals surface area contributed by atoms with Crippen LogP contribution in [0.5, 0.6) is 0 Å². The highest BCUT2D eigenvalue weighted by atomic mass is 15.2. The molecule has 2 aliphatic heterocycles. The second kappa shape index (κ2) is 29.1. The number of benzene rings is 15. The van der Waals surface area contributed by atoms with Gasteiger partial charge in [-0.1, -0.05) is 394 Å². The van der Waals surface area contributed by atoms with E-state index >= 15 is 0 Å². The number of allylic oxidation sites excluding steroid dienone is 2. The predicted octanol–water partition coefficient (Wildman–Crippen LogP) is 24.6. The third kappa shape index (κ3) is 11.9. The lowest BCUT2D eigenvalue weighted by atomic mass is 9.33. The van der Waals surface area contributed by atoms with Crippen molar-refractivity contribution < 1.29 is 0 Å². The largest absolute Gasteiger partial charge is 0.323 e. The zero-order valence-electron chi connectivity index (χ0n) is 65.9. The minimum absolute atomic E-state index is 0.266. The Morgan fingerprint density at radius 3 is 1.04 bits per heavy atom. The van der Waals surface area contributed by atoms with Crippen molar-refractivity contribution in [2.75, 3.05) is 9.80 Å². The molecule has 0 aliphatic carbocycles. The molecule has 0 spiro atoms. The van der Waals surface area contributed by atoms with Crippen LogP contribution in [0.2, 0.25) is 0 Å². The van der Waals surface area contributed by atoms with E-state index in [1.807, 2.05) is 6.07 Å². The number of nitrogens with zero attached hydrogens (tertiary/aromatic N) is 3. The highest BCUT2D eigenvalue weighted by molar-refractivity contribution is 7.00. The van der Waals surface area contributed by atoms with Gasteiger partial charge in [0, 0.05) is 51.5 Å². The van der Waals surface area contributed by atoms with E-state index in [9.17, 15) is 10.8 Å². The number of fused-ring (bicyclic) bond motifs is 7. The van der Waals surface area contributed by atoms with Gasteiger partial charge in [0.25, 0.3) is 6.71 Å². The van der Waals surface area contributed by atoms with Crippen LogP contribution in [0.25, 0.3) is 44.2 Å². The van der Waals surface area contributed by atoms with Crippen molar-refractivity contribution in [2.45, 2.75) is 68.7 Å². The molecule has 1 atom stereocenters. The highest BCUT2D eigenvalue weighted by Gasteiger charge is 2.52. The van der Waals surface area contributed by atoms with Gasteiger partial charge in [-0.2, -0.15) is 0 Å². The lowest BCUT2D eigenvalue weighted by Gasteiger charge is -2.52. The summed E-state index contributed by atoms with van der Waals surface area (Å²) in [5, 5.41) is 22.7.